The number of unbranched alkanes of at least 4 members (excludes halogenated alkanes) is 9. The zero-order valence-electron chi connectivity index (χ0n) is 32.7. The predicted octanol–water partition coefficient (Wildman–Crippen LogP) is 8.59. The summed E-state index contributed by atoms with van der Waals surface area (Å²) >= 11 is 0. The standard InChI is InChI=1S/C45H62N4O4/c1-4-7-10-12-14-23-36(50)47-41-32(21-9-6-3)40-30(19-16-25-46-40)28-34(41)38-44(52)39(45(38)53)35-29-31-20-17-26-49-27-18-22-33(43(31)49)42(35)48-37(51)24-15-13-11-8-5-2/h28-29,52H,4-27H2,1-3H3,(H,47,50)(H,48,51)/b38-34-. The Balaban J connectivity index is 1.45. The Kier molecular flexibility index (Phi) is 13.5. The number of carbonyl (C=O) groups is 3. The van der Waals surface area contributed by atoms with E-state index in [-0.39, 0.29) is 34.5 Å². The van der Waals surface area contributed by atoms with Crippen molar-refractivity contribution >= 4 is 45.8 Å². The molecule has 2 aromatic rings. The van der Waals surface area contributed by atoms with Crippen LogP contribution in [0.15, 0.2) is 22.9 Å². The van der Waals surface area contributed by atoms with Crippen LogP contribution in [0.25, 0.3) is 11.1 Å². The Hall–Kier alpha value is -3.94. The Bertz CT molecular complexity index is 1860. The predicted molar refractivity (Wildman–Crippen MR) is 216 cm³/mol. The van der Waals surface area contributed by atoms with Crippen LogP contribution in [0.1, 0.15) is 158 Å². The van der Waals surface area contributed by atoms with Crippen molar-refractivity contribution in [1.29, 1.82) is 0 Å². The van der Waals surface area contributed by atoms with Gasteiger partial charge in [0.1, 0.15) is 5.76 Å². The Morgan fingerprint density at radius 2 is 1.36 bits per heavy atom. The van der Waals surface area contributed by atoms with Crippen LogP contribution in [-0.2, 0) is 40.1 Å². The number of nitrogens with one attached hydrogen (secondary N) is 2. The van der Waals surface area contributed by atoms with Gasteiger partial charge < -0.3 is 20.6 Å². The largest absolute Gasteiger partial charge is 0.506 e. The lowest BCUT2D eigenvalue weighted by molar-refractivity contribution is -0.117. The van der Waals surface area contributed by atoms with Crippen LogP contribution >= 0.6 is 0 Å². The molecule has 0 spiro atoms. The maximum absolute atomic E-state index is 14.6. The van der Waals surface area contributed by atoms with Gasteiger partial charge in [-0.15, -0.1) is 0 Å². The summed E-state index contributed by atoms with van der Waals surface area (Å²) in [5, 5.41) is 20.1. The van der Waals surface area contributed by atoms with E-state index >= 15 is 0 Å². The molecule has 286 valence electrons. The highest BCUT2D eigenvalue weighted by Gasteiger charge is 2.40. The molecule has 3 N–H and O–H groups in total. The van der Waals surface area contributed by atoms with Crippen LogP contribution in [0.2, 0.25) is 0 Å². The smallest absolute Gasteiger partial charge is 0.224 e. The molecule has 0 atom stereocenters. The van der Waals surface area contributed by atoms with Crippen LogP contribution in [0.3, 0.4) is 0 Å². The van der Waals surface area contributed by atoms with Crippen molar-refractivity contribution < 1.29 is 19.5 Å². The number of aliphatic hydroxyl groups excluding tert-OH is 1. The fourth-order valence-electron chi connectivity index (χ4n) is 8.86. The summed E-state index contributed by atoms with van der Waals surface area (Å²) in [5.41, 5.74) is 8.00. The molecule has 0 saturated heterocycles. The van der Waals surface area contributed by atoms with Crippen molar-refractivity contribution in [3.8, 4) is 0 Å². The highest BCUT2D eigenvalue weighted by Crippen LogP contribution is 2.47. The number of hydrogen-bond donors (Lipinski definition) is 3. The molecule has 8 heteroatoms. The van der Waals surface area contributed by atoms with Crippen molar-refractivity contribution in [2.45, 2.75) is 156 Å². The number of Topliss-reactive ketones (excluding diaryl/α,β-unsaturated/α-hetero) is 1. The first kappa shape index (κ1) is 38.8. The molecule has 3 heterocycles. The molecule has 0 bridgehead atoms. The summed E-state index contributed by atoms with van der Waals surface area (Å²) in [6.45, 7) is 9.26. The third kappa shape index (κ3) is 8.57. The number of rotatable bonds is 18. The molecule has 0 unspecified atom stereocenters. The third-order valence-corrected chi connectivity index (χ3v) is 11.7. The Morgan fingerprint density at radius 1 is 0.736 bits per heavy atom. The van der Waals surface area contributed by atoms with Crippen molar-refractivity contribution in [2.24, 2.45) is 4.99 Å². The maximum atomic E-state index is 14.6. The molecule has 0 saturated carbocycles. The summed E-state index contributed by atoms with van der Waals surface area (Å²) in [6, 6.07) is 4.06. The first-order valence-corrected chi connectivity index (χ1v) is 21.1. The lowest BCUT2D eigenvalue weighted by atomic mass is 9.77. The normalized spacial score (nSPS) is 17.2. The molecule has 4 aliphatic rings. The van der Waals surface area contributed by atoms with Gasteiger partial charge in [0.2, 0.25) is 17.6 Å². The average molecular weight is 723 g/mol. The fraction of sp³-hybridized carbons (Fsp3) is 0.600. The summed E-state index contributed by atoms with van der Waals surface area (Å²) in [7, 11) is 0. The Morgan fingerprint density at radius 3 is 2.02 bits per heavy atom. The van der Waals surface area contributed by atoms with E-state index in [2.05, 4.69) is 42.4 Å². The van der Waals surface area contributed by atoms with Gasteiger partial charge in [-0.05, 0) is 93.0 Å². The second-order valence-corrected chi connectivity index (χ2v) is 15.7. The van der Waals surface area contributed by atoms with Crippen molar-refractivity contribution in [1.82, 2.24) is 0 Å². The van der Waals surface area contributed by atoms with Crippen LogP contribution in [0.5, 0.6) is 0 Å². The van der Waals surface area contributed by atoms with Gasteiger partial charge in [-0.2, -0.15) is 0 Å². The SMILES string of the molecule is CCCCCCCC(=O)Nc1c(C2=C(O)/C(=c3\cc4c(c(CCCC)c3NC(=O)CCCCCCC)=NCCC4)C2=O)cc2c3c1CCCN3CCC2. The lowest BCUT2D eigenvalue weighted by Gasteiger charge is -2.39. The van der Waals surface area contributed by atoms with Crippen molar-refractivity contribution in [3.63, 3.8) is 0 Å². The van der Waals surface area contributed by atoms with Gasteiger partial charge in [-0.1, -0.05) is 78.6 Å². The molecule has 0 radical (unpaired) electrons. The number of carbonyl (C=O) groups excluding carboxylic acids is 3. The quantitative estimate of drug-likeness (QED) is 0.134. The summed E-state index contributed by atoms with van der Waals surface area (Å²) in [5.74, 6) is -0.394. The average Bonchev–Trinajstić information content (AvgIpc) is 3.16. The van der Waals surface area contributed by atoms with Gasteiger partial charge in [-0.3, -0.25) is 19.4 Å². The van der Waals surface area contributed by atoms with Gasteiger partial charge in [0.05, 0.1) is 27.9 Å². The highest BCUT2D eigenvalue weighted by atomic mass is 16.3. The number of hydrogen-bond acceptors (Lipinski definition) is 6. The second kappa shape index (κ2) is 18.4. The molecular weight excluding hydrogens is 661 g/mol. The van der Waals surface area contributed by atoms with E-state index in [0.29, 0.717) is 35.0 Å². The number of nitrogens with zero attached hydrogens (tertiary/aromatic N) is 2. The van der Waals surface area contributed by atoms with Crippen LogP contribution in [0.4, 0.5) is 17.1 Å². The zero-order valence-corrected chi connectivity index (χ0v) is 32.7. The number of aryl methyl sites for hydroxylation is 2. The van der Waals surface area contributed by atoms with E-state index < -0.39 is 0 Å². The van der Waals surface area contributed by atoms with E-state index in [4.69, 9.17) is 4.99 Å². The van der Waals surface area contributed by atoms with Gasteiger partial charge in [-0.25, -0.2) is 0 Å². The molecular formula is C45H62N4O4. The molecule has 3 aliphatic heterocycles. The van der Waals surface area contributed by atoms with Crippen LogP contribution < -0.4 is 26.1 Å². The Labute approximate surface area is 316 Å². The minimum absolute atomic E-state index is 0.0401. The highest BCUT2D eigenvalue weighted by molar-refractivity contribution is 6.52. The third-order valence-electron chi connectivity index (χ3n) is 11.7. The summed E-state index contributed by atoms with van der Waals surface area (Å²) < 4.78 is 0. The van der Waals surface area contributed by atoms with Crippen molar-refractivity contribution in [2.75, 3.05) is 35.2 Å². The molecule has 1 aliphatic carbocycles. The lowest BCUT2D eigenvalue weighted by Crippen LogP contribution is -2.36. The van der Waals surface area contributed by atoms with E-state index in [9.17, 15) is 19.5 Å². The van der Waals surface area contributed by atoms with E-state index in [1.807, 2.05) is 6.07 Å². The molecule has 2 amide bonds. The van der Waals surface area contributed by atoms with Crippen molar-refractivity contribution in [3.05, 3.63) is 56.3 Å². The number of benzene rings is 2. The molecule has 0 fully saturated rings. The first-order valence-electron chi connectivity index (χ1n) is 21.1. The number of aliphatic hydroxyl groups is 1. The number of ketones is 1. The molecule has 6 rings (SSSR count). The van der Waals surface area contributed by atoms with E-state index in [1.165, 1.54) is 24.1 Å². The molecule has 0 aromatic heterocycles. The van der Waals surface area contributed by atoms with E-state index in [1.54, 1.807) is 0 Å². The minimum Gasteiger partial charge on any atom is -0.506 e. The minimum atomic E-state index is -0.239. The monoisotopic (exact) mass is 722 g/mol. The summed E-state index contributed by atoms with van der Waals surface area (Å²) in [6.07, 6.45) is 19.6. The second-order valence-electron chi connectivity index (χ2n) is 15.7. The number of anilines is 3. The number of amides is 2. The summed E-state index contributed by atoms with van der Waals surface area (Å²) in [4.78, 5) is 49.0. The topological polar surface area (TPSA) is 111 Å². The van der Waals surface area contributed by atoms with Gasteiger partial charge >= 0.3 is 0 Å². The van der Waals surface area contributed by atoms with Crippen LogP contribution in [-0.4, -0.2) is 42.3 Å². The first-order chi connectivity index (χ1) is 25.9. The van der Waals surface area contributed by atoms with Gasteiger partial charge in [0.25, 0.3) is 0 Å². The number of fused-ring (bicyclic) bond motifs is 1. The maximum Gasteiger partial charge on any atom is 0.224 e. The molecule has 2 aromatic carbocycles. The van der Waals surface area contributed by atoms with E-state index in [0.717, 1.165) is 151 Å². The molecule has 8 nitrogen and oxygen atoms in total. The number of allylic oxidation sites excluding steroid dienone is 2. The van der Waals surface area contributed by atoms with Gasteiger partial charge in [0, 0.05) is 54.5 Å². The zero-order chi connectivity index (χ0) is 37.3. The fourth-order valence-corrected chi connectivity index (χ4v) is 8.86. The van der Waals surface area contributed by atoms with Gasteiger partial charge in [0.15, 0.2) is 0 Å². The molecule has 53 heavy (non-hydrogen) atoms. The van der Waals surface area contributed by atoms with Crippen LogP contribution in [0, 0.1) is 0 Å².